The standard InChI is InChI=1S/C29H30BrF3O5/c1-4-11-28(34,19-38-17-21-12-23(29(31,32)33)15-24(30)13-21)25-8-6-5-7-22(25)18-37-16-20-9-10-26(35-2)27(14-20)36-3/h4-10,12-15,34H,1,11,16-19H2,2-3H3. The second-order valence-electron chi connectivity index (χ2n) is 8.70. The summed E-state index contributed by atoms with van der Waals surface area (Å²) in [5.41, 5.74) is 0.337. The number of rotatable bonds is 13. The molecule has 1 atom stereocenters. The van der Waals surface area contributed by atoms with Gasteiger partial charge in [-0.25, -0.2) is 0 Å². The van der Waals surface area contributed by atoms with E-state index >= 15 is 0 Å². The van der Waals surface area contributed by atoms with Crippen molar-refractivity contribution >= 4 is 15.9 Å². The van der Waals surface area contributed by atoms with Gasteiger partial charge >= 0.3 is 6.18 Å². The molecular formula is C29H30BrF3O5. The van der Waals surface area contributed by atoms with Crippen LogP contribution in [0.5, 0.6) is 11.5 Å². The van der Waals surface area contributed by atoms with E-state index in [1.165, 1.54) is 0 Å². The van der Waals surface area contributed by atoms with Crippen molar-refractivity contribution in [2.45, 2.75) is 38.0 Å². The molecule has 0 aromatic heterocycles. The van der Waals surface area contributed by atoms with Crippen molar-refractivity contribution in [3.05, 3.63) is 106 Å². The highest BCUT2D eigenvalue weighted by Gasteiger charge is 2.32. The van der Waals surface area contributed by atoms with E-state index in [9.17, 15) is 18.3 Å². The largest absolute Gasteiger partial charge is 0.493 e. The summed E-state index contributed by atoms with van der Waals surface area (Å²) < 4.78 is 62.1. The third kappa shape index (κ3) is 7.83. The molecule has 0 fully saturated rings. The molecule has 0 aliphatic rings. The number of benzene rings is 3. The number of hydrogen-bond donors (Lipinski definition) is 1. The molecule has 9 heteroatoms. The lowest BCUT2D eigenvalue weighted by Crippen LogP contribution is -2.32. The second-order valence-corrected chi connectivity index (χ2v) is 9.62. The van der Waals surface area contributed by atoms with Crippen molar-refractivity contribution in [2.24, 2.45) is 0 Å². The zero-order chi connectivity index (χ0) is 27.8. The van der Waals surface area contributed by atoms with E-state index < -0.39 is 17.3 Å². The summed E-state index contributed by atoms with van der Waals surface area (Å²) in [5, 5.41) is 11.6. The molecule has 0 amide bonds. The Kier molecular flexibility index (Phi) is 10.4. The summed E-state index contributed by atoms with van der Waals surface area (Å²) >= 11 is 3.12. The molecule has 5 nitrogen and oxygen atoms in total. The van der Waals surface area contributed by atoms with Crippen LogP contribution in [-0.4, -0.2) is 25.9 Å². The number of aliphatic hydroxyl groups is 1. The van der Waals surface area contributed by atoms with Gasteiger partial charge in [-0.2, -0.15) is 13.2 Å². The monoisotopic (exact) mass is 594 g/mol. The minimum atomic E-state index is -4.47. The van der Waals surface area contributed by atoms with Crippen LogP contribution in [0, 0.1) is 0 Å². The molecule has 0 aliphatic heterocycles. The summed E-state index contributed by atoms with van der Waals surface area (Å²) in [4.78, 5) is 0. The third-order valence-corrected chi connectivity index (χ3v) is 6.33. The molecule has 0 radical (unpaired) electrons. The van der Waals surface area contributed by atoms with Gasteiger partial charge in [-0.1, -0.05) is 52.3 Å². The van der Waals surface area contributed by atoms with Gasteiger partial charge in [0.15, 0.2) is 11.5 Å². The fourth-order valence-corrected chi connectivity index (χ4v) is 4.61. The quantitative estimate of drug-likeness (QED) is 0.212. The van der Waals surface area contributed by atoms with Crippen molar-refractivity contribution in [1.29, 1.82) is 0 Å². The first-order valence-corrected chi connectivity index (χ1v) is 12.5. The predicted octanol–water partition coefficient (Wildman–Crippen LogP) is 7.18. The Labute approximate surface area is 228 Å². The van der Waals surface area contributed by atoms with Gasteiger partial charge in [0.25, 0.3) is 0 Å². The van der Waals surface area contributed by atoms with Crippen molar-refractivity contribution in [3.63, 3.8) is 0 Å². The summed E-state index contributed by atoms with van der Waals surface area (Å²) in [6, 6.07) is 16.4. The first-order chi connectivity index (χ1) is 18.1. The van der Waals surface area contributed by atoms with Crippen molar-refractivity contribution in [3.8, 4) is 11.5 Å². The molecule has 0 heterocycles. The number of hydrogen-bond acceptors (Lipinski definition) is 5. The van der Waals surface area contributed by atoms with Crippen LogP contribution in [0.3, 0.4) is 0 Å². The molecule has 204 valence electrons. The Bertz CT molecular complexity index is 1230. The molecule has 38 heavy (non-hydrogen) atoms. The summed E-state index contributed by atoms with van der Waals surface area (Å²) in [6.45, 7) is 4.00. The lowest BCUT2D eigenvalue weighted by molar-refractivity contribution is -0.137. The fraction of sp³-hybridized carbons (Fsp3) is 0.310. The van der Waals surface area contributed by atoms with Gasteiger partial charge in [-0.15, -0.1) is 6.58 Å². The third-order valence-electron chi connectivity index (χ3n) is 5.87. The van der Waals surface area contributed by atoms with Crippen LogP contribution in [0.2, 0.25) is 0 Å². The van der Waals surface area contributed by atoms with E-state index in [4.69, 9.17) is 18.9 Å². The zero-order valence-electron chi connectivity index (χ0n) is 21.2. The van der Waals surface area contributed by atoms with E-state index in [0.717, 1.165) is 23.3 Å². The van der Waals surface area contributed by atoms with Crippen LogP contribution in [0.25, 0.3) is 0 Å². The van der Waals surface area contributed by atoms with Gasteiger partial charge in [0.05, 0.1) is 46.2 Å². The predicted molar refractivity (Wildman–Crippen MR) is 142 cm³/mol. The molecule has 0 spiro atoms. The van der Waals surface area contributed by atoms with Gasteiger partial charge in [0, 0.05) is 10.9 Å². The normalized spacial score (nSPS) is 13.1. The molecule has 1 unspecified atom stereocenters. The Morgan fingerprint density at radius 1 is 0.868 bits per heavy atom. The average Bonchev–Trinajstić information content (AvgIpc) is 2.88. The maximum Gasteiger partial charge on any atom is 0.416 e. The number of methoxy groups -OCH3 is 2. The molecule has 3 rings (SSSR count). The second kappa shape index (κ2) is 13.3. The van der Waals surface area contributed by atoms with Crippen LogP contribution < -0.4 is 9.47 Å². The molecular weight excluding hydrogens is 565 g/mol. The minimum Gasteiger partial charge on any atom is -0.493 e. The molecule has 3 aromatic carbocycles. The SMILES string of the molecule is C=CCC(O)(COCc1cc(Br)cc(C(F)(F)F)c1)c1ccccc1COCc1ccc(OC)c(OC)c1. The van der Waals surface area contributed by atoms with Crippen LogP contribution in [0.15, 0.2) is 77.8 Å². The highest BCUT2D eigenvalue weighted by Crippen LogP contribution is 2.34. The summed E-state index contributed by atoms with van der Waals surface area (Å²) in [7, 11) is 3.13. The van der Waals surface area contributed by atoms with Gasteiger partial charge in [-0.05, 0) is 52.6 Å². The summed E-state index contributed by atoms with van der Waals surface area (Å²) in [6.07, 6.45) is -2.73. The Balaban J connectivity index is 1.71. The van der Waals surface area contributed by atoms with Crippen molar-refractivity contribution < 1.29 is 37.2 Å². The van der Waals surface area contributed by atoms with Crippen LogP contribution >= 0.6 is 15.9 Å². The lowest BCUT2D eigenvalue weighted by Gasteiger charge is -2.29. The molecule has 0 saturated heterocycles. The topological polar surface area (TPSA) is 57.2 Å². The first-order valence-electron chi connectivity index (χ1n) is 11.7. The first kappa shape index (κ1) is 29.7. The lowest BCUT2D eigenvalue weighted by atomic mass is 9.87. The summed E-state index contributed by atoms with van der Waals surface area (Å²) in [5.74, 6) is 1.22. The number of halogens is 4. The highest BCUT2D eigenvalue weighted by atomic mass is 79.9. The fourth-order valence-electron chi connectivity index (χ4n) is 4.07. The Morgan fingerprint density at radius 3 is 2.26 bits per heavy atom. The smallest absolute Gasteiger partial charge is 0.416 e. The molecule has 0 bridgehead atoms. The van der Waals surface area contributed by atoms with Crippen molar-refractivity contribution in [2.75, 3.05) is 20.8 Å². The van der Waals surface area contributed by atoms with E-state index in [2.05, 4.69) is 22.5 Å². The molecule has 1 N–H and O–H groups in total. The van der Waals surface area contributed by atoms with Crippen molar-refractivity contribution in [1.82, 2.24) is 0 Å². The van der Waals surface area contributed by atoms with Gasteiger partial charge < -0.3 is 24.1 Å². The zero-order valence-corrected chi connectivity index (χ0v) is 22.8. The Morgan fingerprint density at radius 2 is 1.58 bits per heavy atom. The van der Waals surface area contributed by atoms with E-state index in [0.29, 0.717) is 33.7 Å². The van der Waals surface area contributed by atoms with Crippen LogP contribution in [0.1, 0.15) is 34.2 Å². The minimum absolute atomic E-state index is 0.111. The maximum absolute atomic E-state index is 13.2. The van der Waals surface area contributed by atoms with Crippen LogP contribution in [0.4, 0.5) is 13.2 Å². The van der Waals surface area contributed by atoms with Gasteiger partial charge in [0.1, 0.15) is 5.60 Å². The molecule has 0 saturated carbocycles. The average molecular weight is 595 g/mol. The van der Waals surface area contributed by atoms with E-state index in [1.807, 2.05) is 24.3 Å². The van der Waals surface area contributed by atoms with Gasteiger partial charge in [0.2, 0.25) is 0 Å². The van der Waals surface area contributed by atoms with E-state index in [1.54, 1.807) is 44.6 Å². The van der Waals surface area contributed by atoms with E-state index in [-0.39, 0.29) is 26.2 Å². The Hall–Kier alpha value is -2.85. The molecule has 3 aromatic rings. The number of alkyl halides is 3. The maximum atomic E-state index is 13.2. The molecule has 0 aliphatic carbocycles. The van der Waals surface area contributed by atoms with Gasteiger partial charge in [-0.3, -0.25) is 0 Å². The highest BCUT2D eigenvalue weighted by molar-refractivity contribution is 9.10. The number of ether oxygens (including phenoxy) is 4. The van der Waals surface area contributed by atoms with Crippen LogP contribution in [-0.2, 0) is 41.1 Å².